The standard InChI is InChI=1S/C19H26F3N3O3S/c1-14(18(26)23-16-4-2-3-5-16)24-10-12-25(13-11-24)29(27,28)17-8-6-15(7-9-17)19(20,21)22/h6-9,14,16H,2-5,10-13H2,1H3,(H,23,26). The SMILES string of the molecule is CC(C(=O)NC1CCCC1)N1CCN(S(=O)(=O)c2ccc(C(F)(F)F)cc2)CC1. The van der Waals surface area contributed by atoms with E-state index in [2.05, 4.69) is 5.32 Å². The molecule has 3 rings (SSSR count). The molecule has 1 saturated carbocycles. The van der Waals surface area contributed by atoms with Gasteiger partial charge >= 0.3 is 6.18 Å². The zero-order valence-electron chi connectivity index (χ0n) is 16.3. The lowest BCUT2D eigenvalue weighted by Gasteiger charge is -2.37. The van der Waals surface area contributed by atoms with Crippen LogP contribution in [0.15, 0.2) is 29.2 Å². The number of nitrogens with one attached hydrogen (secondary N) is 1. The number of hydrogen-bond donors (Lipinski definition) is 1. The molecule has 29 heavy (non-hydrogen) atoms. The maximum atomic E-state index is 12.7. The zero-order valence-corrected chi connectivity index (χ0v) is 17.1. The normalized spacial score (nSPS) is 21.2. The Morgan fingerprint density at radius 3 is 2.14 bits per heavy atom. The van der Waals surface area contributed by atoms with Crippen LogP contribution in [0, 0.1) is 0 Å². The van der Waals surface area contributed by atoms with Crippen LogP contribution in [0.3, 0.4) is 0 Å². The van der Waals surface area contributed by atoms with Gasteiger partial charge in [0.25, 0.3) is 0 Å². The second-order valence-corrected chi connectivity index (χ2v) is 9.57. The molecule has 0 bridgehead atoms. The predicted octanol–water partition coefficient (Wildman–Crippen LogP) is 2.46. The van der Waals surface area contributed by atoms with Gasteiger partial charge in [0.1, 0.15) is 0 Å². The summed E-state index contributed by atoms with van der Waals surface area (Å²) >= 11 is 0. The van der Waals surface area contributed by atoms with Gasteiger partial charge in [0.15, 0.2) is 0 Å². The second-order valence-electron chi connectivity index (χ2n) is 7.63. The average molecular weight is 433 g/mol. The smallest absolute Gasteiger partial charge is 0.352 e. The first-order chi connectivity index (χ1) is 13.6. The number of hydrogen-bond acceptors (Lipinski definition) is 4. The second kappa shape index (κ2) is 8.61. The van der Waals surface area contributed by atoms with Gasteiger partial charge < -0.3 is 5.32 Å². The molecule has 0 radical (unpaired) electrons. The van der Waals surface area contributed by atoms with Crippen molar-refractivity contribution in [3.8, 4) is 0 Å². The molecule has 1 aliphatic carbocycles. The van der Waals surface area contributed by atoms with Crippen molar-refractivity contribution in [2.24, 2.45) is 0 Å². The quantitative estimate of drug-likeness (QED) is 0.775. The zero-order chi connectivity index (χ0) is 21.2. The van der Waals surface area contributed by atoms with Crippen molar-refractivity contribution in [3.63, 3.8) is 0 Å². The van der Waals surface area contributed by atoms with E-state index in [-0.39, 0.29) is 36.0 Å². The Morgan fingerprint density at radius 2 is 1.62 bits per heavy atom. The molecule has 0 aromatic heterocycles. The van der Waals surface area contributed by atoms with Crippen molar-refractivity contribution in [1.29, 1.82) is 0 Å². The van der Waals surface area contributed by atoms with E-state index in [1.165, 1.54) is 4.31 Å². The Bertz CT molecular complexity index is 813. The van der Waals surface area contributed by atoms with E-state index in [0.717, 1.165) is 49.9 Å². The van der Waals surface area contributed by atoms with Crippen LogP contribution in [0.5, 0.6) is 0 Å². The fourth-order valence-corrected chi connectivity index (χ4v) is 5.28. The first-order valence-electron chi connectivity index (χ1n) is 9.81. The summed E-state index contributed by atoms with van der Waals surface area (Å²) in [5.74, 6) is -0.0454. The third kappa shape index (κ3) is 5.10. The number of benzene rings is 1. The first-order valence-corrected chi connectivity index (χ1v) is 11.2. The first kappa shape index (κ1) is 22.0. The largest absolute Gasteiger partial charge is 0.416 e. The highest BCUT2D eigenvalue weighted by Crippen LogP contribution is 2.30. The van der Waals surface area contributed by atoms with Crippen LogP contribution < -0.4 is 5.32 Å². The van der Waals surface area contributed by atoms with Gasteiger partial charge in [-0.15, -0.1) is 0 Å². The summed E-state index contributed by atoms with van der Waals surface area (Å²) in [5.41, 5.74) is -0.886. The van der Waals surface area contributed by atoms with Crippen LogP contribution >= 0.6 is 0 Å². The molecule has 10 heteroatoms. The Balaban J connectivity index is 1.58. The molecule has 6 nitrogen and oxygen atoms in total. The number of rotatable bonds is 5. The van der Waals surface area contributed by atoms with Crippen molar-refractivity contribution in [2.75, 3.05) is 26.2 Å². The maximum Gasteiger partial charge on any atom is 0.416 e. The van der Waals surface area contributed by atoms with E-state index < -0.39 is 21.8 Å². The topological polar surface area (TPSA) is 69.7 Å². The lowest BCUT2D eigenvalue weighted by atomic mass is 10.2. The molecule has 0 spiro atoms. The highest BCUT2D eigenvalue weighted by atomic mass is 32.2. The van der Waals surface area contributed by atoms with E-state index in [0.29, 0.717) is 13.1 Å². The lowest BCUT2D eigenvalue weighted by Crippen LogP contribution is -2.55. The van der Waals surface area contributed by atoms with Crippen LogP contribution in [-0.4, -0.2) is 61.8 Å². The Morgan fingerprint density at radius 1 is 1.07 bits per heavy atom. The van der Waals surface area contributed by atoms with Crippen molar-refractivity contribution in [3.05, 3.63) is 29.8 Å². The predicted molar refractivity (Wildman–Crippen MR) is 102 cm³/mol. The number of carbonyl (C=O) groups is 1. The number of alkyl halides is 3. The Kier molecular flexibility index (Phi) is 6.54. The number of nitrogens with zero attached hydrogens (tertiary/aromatic N) is 2. The van der Waals surface area contributed by atoms with E-state index in [1.54, 1.807) is 0 Å². The molecule has 1 heterocycles. The van der Waals surface area contributed by atoms with Gasteiger partial charge in [-0.05, 0) is 44.0 Å². The van der Waals surface area contributed by atoms with E-state index >= 15 is 0 Å². The van der Waals surface area contributed by atoms with Crippen molar-refractivity contribution >= 4 is 15.9 Å². The number of sulfonamides is 1. The van der Waals surface area contributed by atoms with E-state index in [4.69, 9.17) is 0 Å². The summed E-state index contributed by atoms with van der Waals surface area (Å²) in [5, 5.41) is 3.06. The number of piperazine rings is 1. The number of amides is 1. The van der Waals surface area contributed by atoms with Gasteiger partial charge in [0, 0.05) is 32.2 Å². The van der Waals surface area contributed by atoms with Gasteiger partial charge in [0.05, 0.1) is 16.5 Å². The lowest BCUT2D eigenvalue weighted by molar-refractivity contribution is -0.137. The van der Waals surface area contributed by atoms with Crippen molar-refractivity contribution in [1.82, 2.24) is 14.5 Å². The average Bonchev–Trinajstić information content (AvgIpc) is 3.20. The van der Waals surface area contributed by atoms with E-state index in [9.17, 15) is 26.4 Å². The molecule has 1 unspecified atom stereocenters. The van der Waals surface area contributed by atoms with Crippen LogP contribution in [0.4, 0.5) is 13.2 Å². The minimum absolute atomic E-state index is 0.0454. The van der Waals surface area contributed by atoms with Crippen LogP contribution in [0.2, 0.25) is 0 Å². The van der Waals surface area contributed by atoms with Gasteiger partial charge in [-0.3, -0.25) is 9.69 Å². The summed E-state index contributed by atoms with van der Waals surface area (Å²) in [6.07, 6.45) is -0.266. The van der Waals surface area contributed by atoms with Gasteiger partial charge in [0.2, 0.25) is 15.9 Å². The monoisotopic (exact) mass is 433 g/mol. The summed E-state index contributed by atoms with van der Waals surface area (Å²) in [4.78, 5) is 14.2. The number of halogens is 3. The molecule has 1 aromatic rings. The molecule has 1 aromatic carbocycles. The van der Waals surface area contributed by atoms with Gasteiger partial charge in [-0.25, -0.2) is 8.42 Å². The maximum absolute atomic E-state index is 12.7. The molecule has 162 valence electrons. The van der Waals surface area contributed by atoms with Crippen molar-refractivity contribution in [2.45, 2.75) is 55.8 Å². The van der Waals surface area contributed by atoms with Crippen LogP contribution in [0.25, 0.3) is 0 Å². The fraction of sp³-hybridized carbons (Fsp3) is 0.632. The summed E-state index contributed by atoms with van der Waals surface area (Å²) in [7, 11) is -3.87. The molecule has 1 N–H and O–H groups in total. The minimum atomic E-state index is -4.51. The highest BCUT2D eigenvalue weighted by Gasteiger charge is 2.34. The molecule has 1 saturated heterocycles. The third-order valence-electron chi connectivity index (χ3n) is 5.72. The van der Waals surface area contributed by atoms with Crippen molar-refractivity contribution < 1.29 is 26.4 Å². The van der Waals surface area contributed by atoms with Gasteiger partial charge in [-0.1, -0.05) is 12.8 Å². The molecule has 2 fully saturated rings. The summed E-state index contributed by atoms with van der Waals surface area (Å²) in [6.45, 7) is 2.96. The fourth-order valence-electron chi connectivity index (χ4n) is 3.85. The van der Waals surface area contributed by atoms with Gasteiger partial charge in [-0.2, -0.15) is 17.5 Å². The molecular formula is C19H26F3N3O3S. The molecule has 1 aliphatic heterocycles. The van der Waals surface area contributed by atoms with Crippen LogP contribution in [-0.2, 0) is 21.0 Å². The molecule has 1 amide bonds. The molecular weight excluding hydrogens is 407 g/mol. The summed E-state index contributed by atoms with van der Waals surface area (Å²) in [6, 6.07) is 3.40. The van der Waals surface area contributed by atoms with Crippen LogP contribution in [0.1, 0.15) is 38.2 Å². The summed E-state index contributed by atoms with van der Waals surface area (Å²) < 4.78 is 64.8. The Labute approximate surface area is 169 Å². The Hall–Kier alpha value is -1.65. The molecule has 2 aliphatic rings. The third-order valence-corrected chi connectivity index (χ3v) is 7.63. The molecule has 1 atom stereocenters. The van der Waals surface area contributed by atoms with E-state index in [1.807, 2.05) is 11.8 Å². The minimum Gasteiger partial charge on any atom is -0.352 e. The highest BCUT2D eigenvalue weighted by molar-refractivity contribution is 7.89. The number of carbonyl (C=O) groups excluding carboxylic acids is 1.